The molecule has 8 heteroatoms. The zero-order valence-corrected chi connectivity index (χ0v) is 8.81. The molecule has 84 valence electrons. The van der Waals surface area contributed by atoms with Crippen molar-refractivity contribution in [1.82, 2.24) is 0 Å². The fourth-order valence-corrected chi connectivity index (χ4v) is 0.338. The fraction of sp³-hybridized carbons (Fsp3) is 1.00. The van der Waals surface area contributed by atoms with E-state index in [0.717, 1.165) is 0 Å². The average molecular weight is 227 g/mol. The third-order valence-corrected chi connectivity index (χ3v) is 1.08. The Morgan fingerprint density at radius 1 is 1.36 bits per heavy atom. The third-order valence-electron chi connectivity index (χ3n) is 1.08. The topological polar surface area (TPSA) is 131 Å². The molecule has 0 aromatic rings. The number of nitrogens with zero attached hydrogens (tertiary/aromatic N) is 1. The summed E-state index contributed by atoms with van der Waals surface area (Å²) in [7, 11) is -0.833. The average Bonchev–Trinajstić information content (AvgIpc) is 2.02. The first-order chi connectivity index (χ1) is 6.18. The summed E-state index contributed by atoms with van der Waals surface area (Å²) in [5, 5.41) is 40.5. The van der Waals surface area contributed by atoms with Crippen LogP contribution in [0.5, 0.6) is 0 Å². The molecule has 0 heterocycles. The van der Waals surface area contributed by atoms with E-state index in [9.17, 15) is 0 Å². The molecule has 0 atom stereocenters. The summed E-state index contributed by atoms with van der Waals surface area (Å²) in [6.07, 6.45) is -3.10. The van der Waals surface area contributed by atoms with Crippen LogP contribution in [0.3, 0.4) is 0 Å². The molecule has 0 unspecified atom stereocenters. The molecule has 0 saturated carbocycles. The van der Waals surface area contributed by atoms with Crippen molar-refractivity contribution in [2.75, 3.05) is 13.2 Å². The minimum absolute atomic E-state index is 0.146. The van der Waals surface area contributed by atoms with E-state index in [-0.39, 0.29) is 13.2 Å². The minimum atomic E-state index is -3.10. The van der Waals surface area contributed by atoms with Crippen LogP contribution in [0.1, 0.15) is 13.8 Å². The van der Waals surface area contributed by atoms with Crippen molar-refractivity contribution in [2.45, 2.75) is 20.0 Å². The normalized spacial score (nSPS) is 11.5. The first-order valence-electron chi connectivity index (χ1n) is 3.57. The van der Waals surface area contributed by atoms with Gasteiger partial charge < -0.3 is 25.2 Å². The van der Waals surface area contributed by atoms with Gasteiger partial charge in [-0.3, -0.25) is 0 Å². The van der Waals surface area contributed by atoms with Crippen LogP contribution < -0.4 is 0 Å². The molecule has 4 N–H and O–H groups in total. The molecular formula is C6H14NO6P. The Morgan fingerprint density at radius 3 is 1.93 bits per heavy atom. The molecule has 0 aliphatic heterocycles. The van der Waals surface area contributed by atoms with E-state index in [0.29, 0.717) is 0 Å². The Bertz CT molecular complexity index is 221. The van der Waals surface area contributed by atoms with Gasteiger partial charge in [0, 0.05) is 5.41 Å². The second-order valence-electron chi connectivity index (χ2n) is 3.27. The van der Waals surface area contributed by atoms with Gasteiger partial charge in [0.2, 0.25) is 0 Å². The van der Waals surface area contributed by atoms with Gasteiger partial charge in [0.25, 0.3) is 0 Å². The van der Waals surface area contributed by atoms with Gasteiger partial charge in [-0.1, -0.05) is 13.8 Å². The van der Waals surface area contributed by atoms with Crippen LogP contribution in [0.15, 0.2) is 0 Å². The first-order valence-corrected chi connectivity index (χ1v) is 4.33. The van der Waals surface area contributed by atoms with E-state index in [1.165, 1.54) is 0 Å². The second kappa shape index (κ2) is 7.09. The van der Waals surface area contributed by atoms with Crippen LogP contribution in [0.25, 0.3) is 0 Å². The van der Waals surface area contributed by atoms with Crippen molar-refractivity contribution >= 4 is 8.10 Å². The molecule has 0 bridgehead atoms. The molecule has 0 spiro atoms. The number of aliphatic hydroxyl groups excluding tert-OH is 1. The number of hydrogen-bond donors (Lipinski definition) is 4. The molecule has 14 heavy (non-hydrogen) atoms. The predicted octanol–water partition coefficient (Wildman–Crippen LogP) is -0.633. The quantitative estimate of drug-likeness (QED) is 0.371. The number of rotatable bonds is 4. The molecule has 0 aliphatic carbocycles. The zero-order valence-electron chi connectivity index (χ0n) is 7.91. The summed E-state index contributed by atoms with van der Waals surface area (Å²) < 4.78 is 12.6. The maximum atomic E-state index is 8.67. The van der Waals surface area contributed by atoms with Crippen molar-refractivity contribution in [1.29, 1.82) is 5.00 Å². The summed E-state index contributed by atoms with van der Waals surface area (Å²) in [5.74, 6) is 0. The molecule has 0 aliphatic rings. The molecule has 0 rings (SSSR count). The van der Waals surface area contributed by atoms with Crippen LogP contribution in [0.4, 0.5) is 0 Å². The number of hydrogen-bond acceptors (Lipinski definition) is 7. The maximum absolute atomic E-state index is 8.67. The van der Waals surface area contributed by atoms with Gasteiger partial charge in [-0.25, -0.2) is 0 Å². The Kier molecular flexibility index (Phi) is 8.19. The predicted molar refractivity (Wildman–Crippen MR) is 45.5 cm³/mol. The Morgan fingerprint density at radius 2 is 1.71 bits per heavy atom. The van der Waals surface area contributed by atoms with Gasteiger partial charge in [-0.15, -0.1) is 0 Å². The van der Waals surface area contributed by atoms with Crippen LogP contribution in [0, 0.1) is 10.4 Å². The number of ether oxygens (including phenoxy) is 1. The van der Waals surface area contributed by atoms with Gasteiger partial charge >= 0.3 is 23.8 Å². The van der Waals surface area contributed by atoms with Gasteiger partial charge in [0.1, 0.15) is 0 Å². The van der Waals surface area contributed by atoms with Crippen molar-refractivity contribution < 1.29 is 29.7 Å². The second-order valence-corrected chi connectivity index (χ2v) is 3.43. The van der Waals surface area contributed by atoms with E-state index in [4.69, 9.17) is 30.0 Å². The van der Waals surface area contributed by atoms with Crippen molar-refractivity contribution in [2.24, 2.45) is 5.41 Å². The fourth-order valence-electron chi connectivity index (χ4n) is 0.338. The van der Waals surface area contributed by atoms with Crippen LogP contribution in [-0.2, 0) is 9.30 Å². The van der Waals surface area contributed by atoms with Gasteiger partial charge in [0.05, 0.1) is 13.2 Å². The molecule has 0 aromatic heterocycles. The molecular weight excluding hydrogens is 213 g/mol. The van der Waals surface area contributed by atoms with Gasteiger partial charge in [-0.05, 0) is 0 Å². The summed E-state index contributed by atoms with van der Waals surface area (Å²) in [6, 6.07) is 0. The van der Waals surface area contributed by atoms with Crippen molar-refractivity contribution in [3.8, 4) is 0 Å². The van der Waals surface area contributed by atoms with Crippen LogP contribution >= 0.6 is 8.10 Å². The molecule has 7 nitrogen and oxygen atoms in total. The monoisotopic (exact) mass is 227 g/mol. The molecule has 0 radical (unpaired) electrons. The SMILES string of the molecule is CC(C)(CO)COC(O)(O)O.N#P=O. The Hall–Kier alpha value is -0.260. The Labute approximate surface area is 82.4 Å². The molecule has 0 fully saturated rings. The molecule has 0 saturated heterocycles. The third kappa shape index (κ3) is 14.3. The first kappa shape index (κ1) is 16.2. The molecule has 0 aromatic carbocycles. The van der Waals surface area contributed by atoms with Crippen LogP contribution in [0.2, 0.25) is 0 Å². The summed E-state index contributed by atoms with van der Waals surface area (Å²) in [5.41, 5.74) is -0.598. The number of aliphatic hydroxyl groups is 4. The summed E-state index contributed by atoms with van der Waals surface area (Å²) in [4.78, 5) is 0. The summed E-state index contributed by atoms with van der Waals surface area (Å²) in [6.45, 7) is 2.99. The summed E-state index contributed by atoms with van der Waals surface area (Å²) >= 11 is 0. The van der Waals surface area contributed by atoms with Crippen LogP contribution in [-0.4, -0.2) is 39.8 Å². The molecule has 0 amide bonds. The zero-order chi connectivity index (χ0) is 11.8. The van der Waals surface area contributed by atoms with E-state index < -0.39 is 19.7 Å². The van der Waals surface area contributed by atoms with Crippen molar-refractivity contribution in [3.63, 3.8) is 0 Å². The van der Waals surface area contributed by atoms with Crippen molar-refractivity contribution in [3.05, 3.63) is 0 Å². The Balaban J connectivity index is 0. The standard InChI is InChI=1S/C6H14O5.NOP/c1-5(2,3-7)4-11-6(8,9)10;1-3-2/h7-10H,3-4H2,1-2H3;. The van der Waals surface area contributed by atoms with E-state index in [1.54, 1.807) is 13.8 Å². The van der Waals surface area contributed by atoms with E-state index in [1.807, 2.05) is 0 Å². The van der Waals surface area contributed by atoms with E-state index >= 15 is 0 Å². The van der Waals surface area contributed by atoms with E-state index in [2.05, 4.69) is 4.74 Å². The van der Waals surface area contributed by atoms with Gasteiger partial charge in [0.15, 0.2) is 0 Å². The van der Waals surface area contributed by atoms with Gasteiger partial charge in [-0.2, -0.15) is 0 Å².